The van der Waals surface area contributed by atoms with E-state index >= 15 is 0 Å². The van der Waals surface area contributed by atoms with Crippen molar-refractivity contribution in [3.05, 3.63) is 0 Å². The molecule has 1 unspecified atom stereocenters. The number of carbonyl (C=O) groups is 1. The summed E-state index contributed by atoms with van der Waals surface area (Å²) >= 11 is 0. The molecule has 4 nitrogen and oxygen atoms in total. The third kappa shape index (κ3) is 9.30. The maximum Gasteiger partial charge on any atom is 0.302 e. The molecule has 0 aromatic rings. The fourth-order valence-corrected chi connectivity index (χ4v) is 0.842. The molecule has 0 aromatic carbocycles. The van der Waals surface area contributed by atoms with Gasteiger partial charge in [-0.1, -0.05) is 0 Å². The Bertz CT molecular complexity index is 136. The minimum atomic E-state index is -0.245. The number of esters is 1. The van der Waals surface area contributed by atoms with Gasteiger partial charge in [-0.2, -0.15) is 0 Å². The smallest absolute Gasteiger partial charge is 0.302 e. The first-order chi connectivity index (χ1) is 6.16. The summed E-state index contributed by atoms with van der Waals surface area (Å²) in [6.07, 6.45) is 0.829. The summed E-state index contributed by atoms with van der Waals surface area (Å²) in [5.74, 6) is -0.245. The van der Waals surface area contributed by atoms with Crippen molar-refractivity contribution in [3.63, 3.8) is 0 Å². The Hall–Kier alpha value is -0.610. The lowest BCUT2D eigenvalue weighted by Crippen LogP contribution is -2.16. The SMILES string of the molecule is COCC(C)OCCCOC(C)=O. The summed E-state index contributed by atoms with van der Waals surface area (Å²) in [4.78, 5) is 10.4. The van der Waals surface area contributed by atoms with Crippen LogP contribution in [0.3, 0.4) is 0 Å². The van der Waals surface area contributed by atoms with E-state index in [1.54, 1.807) is 7.11 Å². The van der Waals surface area contributed by atoms with Gasteiger partial charge in [-0.3, -0.25) is 4.79 Å². The van der Waals surface area contributed by atoms with Crippen LogP contribution < -0.4 is 0 Å². The number of ether oxygens (including phenoxy) is 3. The second kappa shape index (κ2) is 8.01. The van der Waals surface area contributed by atoms with E-state index in [9.17, 15) is 4.79 Å². The van der Waals surface area contributed by atoms with E-state index in [-0.39, 0.29) is 12.1 Å². The molecule has 0 aliphatic rings. The van der Waals surface area contributed by atoms with Crippen molar-refractivity contribution in [2.24, 2.45) is 0 Å². The van der Waals surface area contributed by atoms with Gasteiger partial charge in [0.25, 0.3) is 0 Å². The van der Waals surface area contributed by atoms with Gasteiger partial charge in [0.15, 0.2) is 0 Å². The average Bonchev–Trinajstić information content (AvgIpc) is 2.03. The lowest BCUT2D eigenvalue weighted by molar-refractivity contribution is -0.141. The van der Waals surface area contributed by atoms with Crippen molar-refractivity contribution in [3.8, 4) is 0 Å². The molecule has 0 aliphatic carbocycles. The van der Waals surface area contributed by atoms with Crippen molar-refractivity contribution in [2.45, 2.75) is 26.4 Å². The molecule has 13 heavy (non-hydrogen) atoms. The van der Waals surface area contributed by atoms with Crippen molar-refractivity contribution < 1.29 is 19.0 Å². The lowest BCUT2D eigenvalue weighted by Gasteiger charge is -2.11. The molecule has 0 radical (unpaired) electrons. The number of hydrogen-bond acceptors (Lipinski definition) is 4. The van der Waals surface area contributed by atoms with Crippen LogP contribution in [0.15, 0.2) is 0 Å². The molecule has 0 bridgehead atoms. The van der Waals surface area contributed by atoms with Crippen LogP contribution >= 0.6 is 0 Å². The Labute approximate surface area is 79.2 Å². The molecule has 1 atom stereocenters. The summed E-state index contributed by atoms with van der Waals surface area (Å²) < 4.78 is 15.0. The Morgan fingerprint density at radius 2 is 2.08 bits per heavy atom. The first-order valence-electron chi connectivity index (χ1n) is 4.40. The van der Waals surface area contributed by atoms with E-state index in [4.69, 9.17) is 14.2 Å². The van der Waals surface area contributed by atoms with Crippen molar-refractivity contribution in [2.75, 3.05) is 26.9 Å². The number of carbonyl (C=O) groups excluding carboxylic acids is 1. The fourth-order valence-electron chi connectivity index (χ4n) is 0.842. The summed E-state index contributed by atoms with van der Waals surface area (Å²) in [7, 11) is 1.64. The highest BCUT2D eigenvalue weighted by atomic mass is 16.5. The van der Waals surface area contributed by atoms with Gasteiger partial charge >= 0.3 is 5.97 Å². The van der Waals surface area contributed by atoms with Gasteiger partial charge in [-0.05, 0) is 6.92 Å². The van der Waals surface area contributed by atoms with Crippen LogP contribution in [0.5, 0.6) is 0 Å². The molecule has 0 aromatic heterocycles. The van der Waals surface area contributed by atoms with Crippen LogP contribution in [0.2, 0.25) is 0 Å². The van der Waals surface area contributed by atoms with E-state index < -0.39 is 0 Å². The third-order valence-electron chi connectivity index (χ3n) is 1.40. The third-order valence-corrected chi connectivity index (χ3v) is 1.40. The van der Waals surface area contributed by atoms with Crippen molar-refractivity contribution in [1.82, 2.24) is 0 Å². The summed E-state index contributed by atoms with van der Waals surface area (Å²) in [5.41, 5.74) is 0. The van der Waals surface area contributed by atoms with E-state index in [0.717, 1.165) is 6.42 Å². The van der Waals surface area contributed by atoms with Gasteiger partial charge in [-0.25, -0.2) is 0 Å². The quantitative estimate of drug-likeness (QED) is 0.443. The first-order valence-corrected chi connectivity index (χ1v) is 4.40. The standard InChI is InChI=1S/C9H18O4/c1-8(7-11-3)12-5-4-6-13-9(2)10/h8H,4-7H2,1-3H3. The number of rotatable bonds is 7. The number of methoxy groups -OCH3 is 1. The molecule has 0 fully saturated rings. The maximum absolute atomic E-state index is 10.4. The van der Waals surface area contributed by atoms with E-state index in [1.807, 2.05) is 6.92 Å². The Kier molecular flexibility index (Phi) is 7.63. The van der Waals surface area contributed by atoms with Crippen molar-refractivity contribution >= 4 is 5.97 Å². The zero-order valence-electron chi connectivity index (χ0n) is 8.54. The highest BCUT2D eigenvalue weighted by Crippen LogP contribution is 1.93. The highest BCUT2D eigenvalue weighted by molar-refractivity contribution is 5.65. The lowest BCUT2D eigenvalue weighted by atomic mass is 10.4. The first kappa shape index (κ1) is 12.4. The Morgan fingerprint density at radius 1 is 1.38 bits per heavy atom. The predicted octanol–water partition coefficient (Wildman–Crippen LogP) is 0.991. The Balaban J connectivity index is 3.11. The fraction of sp³-hybridized carbons (Fsp3) is 0.889. The molecule has 4 heteroatoms. The maximum atomic E-state index is 10.4. The van der Waals surface area contributed by atoms with E-state index in [1.165, 1.54) is 6.92 Å². The molecule has 0 spiro atoms. The normalized spacial score (nSPS) is 12.5. The van der Waals surface area contributed by atoms with Gasteiger partial charge in [-0.15, -0.1) is 0 Å². The summed E-state index contributed by atoms with van der Waals surface area (Å²) in [6.45, 7) is 4.95. The molecular formula is C9H18O4. The summed E-state index contributed by atoms with van der Waals surface area (Å²) in [5, 5.41) is 0. The van der Waals surface area contributed by atoms with Crippen LogP contribution in [-0.4, -0.2) is 39.0 Å². The molecule has 0 heterocycles. The molecular weight excluding hydrogens is 172 g/mol. The molecule has 0 aliphatic heterocycles. The van der Waals surface area contributed by atoms with E-state index in [2.05, 4.69) is 0 Å². The van der Waals surface area contributed by atoms with Gasteiger partial charge < -0.3 is 14.2 Å². The average molecular weight is 190 g/mol. The zero-order valence-corrected chi connectivity index (χ0v) is 8.54. The van der Waals surface area contributed by atoms with Crippen LogP contribution in [-0.2, 0) is 19.0 Å². The highest BCUT2D eigenvalue weighted by Gasteiger charge is 2.00. The largest absolute Gasteiger partial charge is 0.466 e. The second-order valence-electron chi connectivity index (χ2n) is 2.83. The molecule has 78 valence electrons. The topological polar surface area (TPSA) is 44.8 Å². The van der Waals surface area contributed by atoms with Gasteiger partial charge in [0, 0.05) is 20.5 Å². The van der Waals surface area contributed by atoms with E-state index in [0.29, 0.717) is 19.8 Å². The van der Waals surface area contributed by atoms with Crippen LogP contribution in [0.4, 0.5) is 0 Å². The molecule has 0 saturated carbocycles. The number of hydrogen-bond donors (Lipinski definition) is 0. The second-order valence-corrected chi connectivity index (χ2v) is 2.83. The summed E-state index contributed by atoms with van der Waals surface area (Å²) in [6, 6.07) is 0. The molecule has 0 saturated heterocycles. The minimum absolute atomic E-state index is 0.0994. The predicted molar refractivity (Wildman–Crippen MR) is 48.5 cm³/mol. The van der Waals surface area contributed by atoms with Crippen molar-refractivity contribution in [1.29, 1.82) is 0 Å². The van der Waals surface area contributed by atoms with Gasteiger partial charge in [0.2, 0.25) is 0 Å². The van der Waals surface area contributed by atoms with Crippen LogP contribution in [0.1, 0.15) is 20.3 Å². The molecule has 0 rings (SSSR count). The molecule has 0 N–H and O–H groups in total. The van der Waals surface area contributed by atoms with Gasteiger partial charge in [0.1, 0.15) is 0 Å². The Morgan fingerprint density at radius 3 is 2.62 bits per heavy atom. The molecule has 0 amide bonds. The zero-order chi connectivity index (χ0) is 10.1. The minimum Gasteiger partial charge on any atom is -0.466 e. The monoisotopic (exact) mass is 190 g/mol. The van der Waals surface area contributed by atoms with Crippen LogP contribution in [0.25, 0.3) is 0 Å². The van der Waals surface area contributed by atoms with Crippen LogP contribution in [0, 0.1) is 0 Å². The van der Waals surface area contributed by atoms with Gasteiger partial charge in [0.05, 0.1) is 25.9 Å².